The first kappa shape index (κ1) is 14.0. The molecule has 1 aromatic carbocycles. The van der Waals surface area contributed by atoms with Gasteiger partial charge in [0.25, 0.3) is 0 Å². The van der Waals surface area contributed by atoms with Gasteiger partial charge in [0.15, 0.2) is 0 Å². The lowest BCUT2D eigenvalue weighted by atomic mass is 10.3. The molecular formula is C11H10BrClFN5. The third-order valence-electron chi connectivity index (χ3n) is 2.12. The number of hydrogen-bond acceptors (Lipinski definition) is 5. The lowest BCUT2D eigenvalue weighted by Crippen LogP contribution is -2.06. The van der Waals surface area contributed by atoms with Gasteiger partial charge in [0, 0.05) is 11.0 Å². The third kappa shape index (κ3) is 3.74. The average Bonchev–Trinajstić information content (AvgIpc) is 2.33. The van der Waals surface area contributed by atoms with Gasteiger partial charge < -0.3 is 10.6 Å². The molecule has 0 fully saturated rings. The Hall–Kier alpha value is -1.47. The van der Waals surface area contributed by atoms with E-state index in [1.807, 2.05) is 6.92 Å². The minimum Gasteiger partial charge on any atom is -0.354 e. The topological polar surface area (TPSA) is 62.7 Å². The zero-order chi connectivity index (χ0) is 13.8. The summed E-state index contributed by atoms with van der Waals surface area (Å²) in [5, 5.41) is 5.86. The molecule has 1 aromatic heterocycles. The normalized spacial score (nSPS) is 10.3. The Morgan fingerprint density at radius 2 is 2.00 bits per heavy atom. The Balaban J connectivity index is 2.29. The molecule has 0 bridgehead atoms. The molecular weight excluding hydrogens is 337 g/mol. The number of aromatic nitrogens is 3. The van der Waals surface area contributed by atoms with E-state index in [0.717, 1.165) is 0 Å². The molecule has 0 saturated carbocycles. The number of nitrogens with zero attached hydrogens (tertiary/aromatic N) is 3. The van der Waals surface area contributed by atoms with E-state index in [-0.39, 0.29) is 17.0 Å². The van der Waals surface area contributed by atoms with E-state index in [4.69, 9.17) is 11.6 Å². The molecule has 0 saturated heterocycles. The number of benzene rings is 1. The van der Waals surface area contributed by atoms with E-state index in [2.05, 4.69) is 41.5 Å². The van der Waals surface area contributed by atoms with Crippen molar-refractivity contribution < 1.29 is 4.39 Å². The van der Waals surface area contributed by atoms with Crippen molar-refractivity contribution in [3.63, 3.8) is 0 Å². The van der Waals surface area contributed by atoms with Crippen molar-refractivity contribution >= 4 is 45.1 Å². The molecule has 0 amide bonds. The monoisotopic (exact) mass is 345 g/mol. The lowest BCUT2D eigenvalue weighted by molar-refractivity contribution is 0.628. The van der Waals surface area contributed by atoms with Gasteiger partial charge in [-0.1, -0.05) is 0 Å². The molecule has 2 aromatic rings. The second kappa shape index (κ2) is 6.12. The summed E-state index contributed by atoms with van der Waals surface area (Å²) < 4.78 is 13.9. The Kier molecular flexibility index (Phi) is 4.49. The predicted octanol–water partition coefficient (Wildman–Crippen LogP) is 3.60. The fourth-order valence-electron chi connectivity index (χ4n) is 1.36. The fourth-order valence-corrected chi connectivity index (χ4v) is 1.86. The van der Waals surface area contributed by atoms with Crippen molar-refractivity contribution in [3.8, 4) is 0 Å². The second-order valence-electron chi connectivity index (χ2n) is 3.53. The molecule has 0 spiro atoms. The van der Waals surface area contributed by atoms with Crippen molar-refractivity contribution in [2.75, 3.05) is 17.2 Å². The van der Waals surface area contributed by atoms with Crippen molar-refractivity contribution in [2.24, 2.45) is 0 Å². The summed E-state index contributed by atoms with van der Waals surface area (Å²) in [6, 6.07) is 4.26. The number of anilines is 3. The Morgan fingerprint density at radius 1 is 1.26 bits per heavy atom. The molecule has 0 unspecified atom stereocenters. The van der Waals surface area contributed by atoms with Gasteiger partial charge in [0.2, 0.25) is 17.2 Å². The van der Waals surface area contributed by atoms with E-state index < -0.39 is 0 Å². The lowest BCUT2D eigenvalue weighted by Gasteiger charge is -2.08. The predicted molar refractivity (Wildman–Crippen MR) is 76.4 cm³/mol. The van der Waals surface area contributed by atoms with E-state index in [1.165, 1.54) is 12.1 Å². The van der Waals surface area contributed by atoms with Gasteiger partial charge >= 0.3 is 0 Å². The van der Waals surface area contributed by atoms with Gasteiger partial charge in [-0.05, 0) is 52.7 Å². The molecule has 0 radical (unpaired) electrons. The molecule has 1 heterocycles. The van der Waals surface area contributed by atoms with Crippen LogP contribution in [0.5, 0.6) is 0 Å². The minimum atomic E-state index is -0.363. The first-order chi connectivity index (χ1) is 9.08. The quantitative estimate of drug-likeness (QED) is 0.885. The summed E-state index contributed by atoms with van der Waals surface area (Å²) in [6.45, 7) is 2.57. The van der Waals surface area contributed by atoms with Crippen LogP contribution in [0.25, 0.3) is 0 Å². The number of rotatable bonds is 4. The van der Waals surface area contributed by atoms with Crippen LogP contribution in [0.1, 0.15) is 6.92 Å². The molecule has 2 rings (SSSR count). The van der Waals surface area contributed by atoms with Gasteiger partial charge in [0.1, 0.15) is 5.82 Å². The maximum absolute atomic E-state index is 13.2. The fraction of sp³-hybridized carbons (Fsp3) is 0.182. The van der Waals surface area contributed by atoms with Crippen LogP contribution < -0.4 is 10.6 Å². The van der Waals surface area contributed by atoms with Gasteiger partial charge in [0.05, 0.1) is 5.69 Å². The van der Waals surface area contributed by atoms with Gasteiger partial charge in [-0.3, -0.25) is 0 Å². The maximum atomic E-state index is 13.2. The highest BCUT2D eigenvalue weighted by Crippen LogP contribution is 2.25. The summed E-state index contributed by atoms with van der Waals surface area (Å²) in [7, 11) is 0. The molecule has 0 aliphatic carbocycles. The Morgan fingerprint density at radius 3 is 2.74 bits per heavy atom. The van der Waals surface area contributed by atoms with E-state index in [1.54, 1.807) is 6.07 Å². The molecule has 5 nitrogen and oxygen atoms in total. The summed E-state index contributed by atoms with van der Waals surface area (Å²) in [5.74, 6) is 0.234. The van der Waals surface area contributed by atoms with E-state index in [0.29, 0.717) is 22.7 Å². The highest BCUT2D eigenvalue weighted by molar-refractivity contribution is 9.10. The number of halogens is 3. The second-order valence-corrected chi connectivity index (χ2v) is 4.72. The standard InChI is InChI=1S/C11H10BrClFN5/c1-2-15-10-17-9(13)18-11(19-10)16-8-5-6(14)3-4-7(8)12/h3-5H,2H2,1H3,(H2,15,16,17,18,19). The first-order valence-electron chi connectivity index (χ1n) is 5.46. The summed E-state index contributed by atoms with van der Waals surface area (Å²) >= 11 is 9.10. The molecule has 19 heavy (non-hydrogen) atoms. The van der Waals surface area contributed by atoms with Crippen LogP contribution in [0.2, 0.25) is 5.28 Å². The van der Waals surface area contributed by atoms with Crippen LogP contribution in [-0.4, -0.2) is 21.5 Å². The molecule has 8 heteroatoms. The number of hydrogen-bond donors (Lipinski definition) is 2. The average molecular weight is 347 g/mol. The highest BCUT2D eigenvalue weighted by atomic mass is 79.9. The molecule has 0 aliphatic rings. The van der Waals surface area contributed by atoms with Gasteiger partial charge in [-0.25, -0.2) is 4.39 Å². The summed E-state index contributed by atoms with van der Waals surface area (Å²) in [5.41, 5.74) is 0.504. The zero-order valence-corrected chi connectivity index (χ0v) is 12.3. The van der Waals surface area contributed by atoms with Crippen molar-refractivity contribution in [2.45, 2.75) is 6.92 Å². The first-order valence-corrected chi connectivity index (χ1v) is 6.63. The summed E-state index contributed by atoms with van der Waals surface area (Å²) in [6.07, 6.45) is 0. The van der Waals surface area contributed by atoms with Crippen LogP contribution >= 0.6 is 27.5 Å². The largest absolute Gasteiger partial charge is 0.354 e. The Bertz CT molecular complexity index is 595. The van der Waals surface area contributed by atoms with Crippen molar-refractivity contribution in [1.82, 2.24) is 15.0 Å². The van der Waals surface area contributed by atoms with Crippen molar-refractivity contribution in [3.05, 3.63) is 33.8 Å². The van der Waals surface area contributed by atoms with Crippen LogP contribution in [0.15, 0.2) is 22.7 Å². The van der Waals surface area contributed by atoms with Crippen LogP contribution in [0.4, 0.5) is 22.0 Å². The van der Waals surface area contributed by atoms with E-state index >= 15 is 0 Å². The molecule has 0 aliphatic heterocycles. The van der Waals surface area contributed by atoms with Gasteiger partial charge in [-0.15, -0.1) is 0 Å². The molecule has 0 atom stereocenters. The molecule has 100 valence electrons. The van der Waals surface area contributed by atoms with Gasteiger partial charge in [-0.2, -0.15) is 15.0 Å². The zero-order valence-electron chi connectivity index (χ0n) is 9.91. The number of nitrogens with one attached hydrogen (secondary N) is 2. The van der Waals surface area contributed by atoms with Crippen molar-refractivity contribution in [1.29, 1.82) is 0 Å². The van der Waals surface area contributed by atoms with E-state index in [9.17, 15) is 4.39 Å². The van der Waals surface area contributed by atoms with Crippen LogP contribution in [0.3, 0.4) is 0 Å². The smallest absolute Gasteiger partial charge is 0.233 e. The Labute approximate surface area is 122 Å². The highest BCUT2D eigenvalue weighted by Gasteiger charge is 2.07. The third-order valence-corrected chi connectivity index (χ3v) is 2.98. The minimum absolute atomic E-state index is 0.0565. The maximum Gasteiger partial charge on any atom is 0.233 e. The van der Waals surface area contributed by atoms with Crippen LogP contribution in [0, 0.1) is 5.82 Å². The SMILES string of the molecule is CCNc1nc(Cl)nc(Nc2cc(F)ccc2Br)n1. The summed E-state index contributed by atoms with van der Waals surface area (Å²) in [4.78, 5) is 12.0. The van der Waals surface area contributed by atoms with Crippen LogP contribution in [-0.2, 0) is 0 Å². The molecule has 2 N–H and O–H groups in total.